The molecule has 4 rings (SSSR count). The summed E-state index contributed by atoms with van der Waals surface area (Å²) in [7, 11) is 0. The molecule has 7 nitrogen and oxygen atoms in total. The number of non-ortho nitro benzene ring substituents is 1. The molecule has 3 aromatic rings. The van der Waals surface area contributed by atoms with Gasteiger partial charge in [0.05, 0.1) is 23.9 Å². The fraction of sp³-hybridized carbons (Fsp3) is 0.0435. The van der Waals surface area contributed by atoms with Gasteiger partial charge in [-0.05, 0) is 91.5 Å². The van der Waals surface area contributed by atoms with Gasteiger partial charge in [-0.15, -0.1) is 0 Å². The van der Waals surface area contributed by atoms with E-state index in [1.807, 2.05) is 0 Å². The molecule has 0 fully saturated rings. The molecule has 3 aromatic carbocycles. The van der Waals surface area contributed by atoms with Crippen LogP contribution in [-0.2, 0) is 16.1 Å². The van der Waals surface area contributed by atoms with Crippen molar-refractivity contribution in [3.63, 3.8) is 0 Å². The lowest BCUT2D eigenvalue weighted by Crippen LogP contribution is -2.05. The van der Waals surface area contributed by atoms with E-state index in [1.165, 1.54) is 12.1 Å². The molecule has 0 radical (unpaired) electrons. The van der Waals surface area contributed by atoms with E-state index >= 15 is 0 Å². The van der Waals surface area contributed by atoms with E-state index in [0.717, 1.165) is 5.56 Å². The number of cyclic esters (lactones) is 1. The lowest BCUT2D eigenvalue weighted by atomic mass is 10.2. The predicted molar refractivity (Wildman–Crippen MR) is 136 cm³/mol. The van der Waals surface area contributed by atoms with Gasteiger partial charge in [0.2, 0.25) is 5.90 Å². The van der Waals surface area contributed by atoms with Crippen LogP contribution in [0.25, 0.3) is 6.08 Å². The first-order valence-corrected chi connectivity index (χ1v) is 11.9. The summed E-state index contributed by atoms with van der Waals surface area (Å²) in [5, 5.41) is 11.5. The average molecular weight is 627 g/mol. The lowest BCUT2D eigenvalue weighted by Gasteiger charge is -2.11. The van der Waals surface area contributed by atoms with Gasteiger partial charge in [0.1, 0.15) is 12.4 Å². The van der Waals surface area contributed by atoms with Crippen LogP contribution in [0.15, 0.2) is 74.2 Å². The monoisotopic (exact) mass is 624 g/mol. The van der Waals surface area contributed by atoms with Crippen LogP contribution < -0.4 is 4.74 Å². The Balaban J connectivity index is 1.53. The van der Waals surface area contributed by atoms with Crippen molar-refractivity contribution >= 4 is 78.7 Å². The Bertz CT molecular complexity index is 1350. The summed E-state index contributed by atoms with van der Waals surface area (Å²) in [5.74, 6) is 0.0808. The first kappa shape index (κ1) is 24.4. The number of hydrogen-bond donors (Lipinski definition) is 0. The van der Waals surface area contributed by atoms with Gasteiger partial charge < -0.3 is 9.47 Å². The number of carbonyl (C=O) groups is 1. The van der Waals surface area contributed by atoms with E-state index in [1.54, 1.807) is 48.5 Å². The molecule has 0 bridgehead atoms. The summed E-state index contributed by atoms with van der Waals surface area (Å²) in [5.41, 5.74) is 2.11. The minimum Gasteiger partial charge on any atom is -0.487 e. The molecule has 0 N–H and O–H groups in total. The third kappa shape index (κ3) is 5.50. The second-order valence-electron chi connectivity index (χ2n) is 6.99. The van der Waals surface area contributed by atoms with Gasteiger partial charge in [-0.3, -0.25) is 10.1 Å². The van der Waals surface area contributed by atoms with Crippen LogP contribution in [0.4, 0.5) is 5.69 Å². The van der Waals surface area contributed by atoms with Gasteiger partial charge in [-0.25, -0.2) is 9.79 Å². The molecule has 172 valence electrons. The molecule has 1 aliphatic rings. The first-order valence-electron chi connectivity index (χ1n) is 9.54. The van der Waals surface area contributed by atoms with E-state index in [0.29, 0.717) is 35.9 Å². The summed E-state index contributed by atoms with van der Waals surface area (Å²) in [6.07, 6.45) is 1.59. The van der Waals surface area contributed by atoms with Crippen molar-refractivity contribution in [3.8, 4) is 5.75 Å². The number of benzene rings is 3. The second kappa shape index (κ2) is 10.3. The van der Waals surface area contributed by atoms with Crippen LogP contribution >= 0.6 is 55.1 Å². The van der Waals surface area contributed by atoms with Crippen molar-refractivity contribution < 1.29 is 19.2 Å². The van der Waals surface area contributed by atoms with Gasteiger partial charge in [-0.2, -0.15) is 0 Å². The number of esters is 1. The van der Waals surface area contributed by atoms with Gasteiger partial charge >= 0.3 is 5.97 Å². The van der Waals surface area contributed by atoms with E-state index in [4.69, 9.17) is 32.7 Å². The first-order chi connectivity index (χ1) is 16.2. The van der Waals surface area contributed by atoms with Crippen molar-refractivity contribution in [2.45, 2.75) is 6.61 Å². The molecule has 0 spiro atoms. The maximum atomic E-state index is 12.3. The van der Waals surface area contributed by atoms with E-state index in [9.17, 15) is 14.9 Å². The zero-order chi connectivity index (χ0) is 24.4. The average Bonchev–Trinajstić information content (AvgIpc) is 3.15. The van der Waals surface area contributed by atoms with E-state index < -0.39 is 10.9 Å². The highest BCUT2D eigenvalue weighted by Gasteiger charge is 2.25. The minimum atomic E-state index is -0.591. The normalized spacial score (nSPS) is 14.2. The maximum absolute atomic E-state index is 12.3. The number of nitro benzene ring substituents is 1. The number of aliphatic imine (C=N–C) groups is 1. The molecule has 0 saturated heterocycles. The molecule has 0 aliphatic carbocycles. The third-order valence-electron chi connectivity index (χ3n) is 4.64. The number of nitrogens with zero attached hydrogens (tertiary/aromatic N) is 2. The van der Waals surface area contributed by atoms with Gasteiger partial charge in [0, 0.05) is 17.7 Å². The number of carbonyl (C=O) groups excluding carboxylic acids is 1. The minimum absolute atomic E-state index is 0.0129. The van der Waals surface area contributed by atoms with Crippen molar-refractivity contribution in [2.24, 2.45) is 4.99 Å². The van der Waals surface area contributed by atoms with Gasteiger partial charge in [0.25, 0.3) is 5.69 Å². The molecule has 0 unspecified atom stereocenters. The highest BCUT2D eigenvalue weighted by molar-refractivity contribution is 9.11. The van der Waals surface area contributed by atoms with Crippen molar-refractivity contribution in [2.75, 3.05) is 0 Å². The Hall–Kier alpha value is -2.72. The SMILES string of the molecule is O=C1OC(c2ccc(Cl)c(Cl)c2)=N/C1=C\c1cc(Br)c(OCc2ccc([N+](=O)[O-])cc2)c(Br)c1. The zero-order valence-corrected chi connectivity index (χ0v) is 21.6. The van der Waals surface area contributed by atoms with Crippen molar-refractivity contribution in [1.82, 2.24) is 0 Å². The highest BCUT2D eigenvalue weighted by Crippen LogP contribution is 2.36. The van der Waals surface area contributed by atoms with Crippen LogP contribution in [0.3, 0.4) is 0 Å². The molecule has 1 aliphatic heterocycles. The zero-order valence-electron chi connectivity index (χ0n) is 16.9. The largest absolute Gasteiger partial charge is 0.487 e. The van der Waals surface area contributed by atoms with Crippen LogP contribution in [0.1, 0.15) is 16.7 Å². The van der Waals surface area contributed by atoms with Crippen LogP contribution in [0, 0.1) is 10.1 Å². The molecule has 0 amide bonds. The van der Waals surface area contributed by atoms with E-state index in [-0.39, 0.29) is 23.9 Å². The Morgan fingerprint density at radius 3 is 2.32 bits per heavy atom. The maximum Gasteiger partial charge on any atom is 0.363 e. The molecule has 0 aromatic heterocycles. The molecule has 0 saturated carbocycles. The Labute approximate surface area is 220 Å². The second-order valence-corrected chi connectivity index (χ2v) is 9.51. The number of halogens is 4. The number of nitro groups is 1. The molecule has 0 atom stereocenters. The molecule has 11 heteroatoms. The van der Waals surface area contributed by atoms with Gasteiger partial charge in [0.15, 0.2) is 5.70 Å². The molecular formula is C23H12Br2Cl2N2O5. The van der Waals surface area contributed by atoms with Crippen LogP contribution in [0.5, 0.6) is 5.75 Å². The summed E-state index contributed by atoms with van der Waals surface area (Å²) in [6, 6.07) is 14.5. The fourth-order valence-electron chi connectivity index (χ4n) is 2.99. The Kier molecular flexibility index (Phi) is 7.37. The number of rotatable bonds is 6. The topological polar surface area (TPSA) is 91.0 Å². The summed E-state index contributed by atoms with van der Waals surface area (Å²) < 4.78 is 12.4. The van der Waals surface area contributed by atoms with Crippen LogP contribution in [-0.4, -0.2) is 16.8 Å². The summed E-state index contributed by atoms with van der Waals surface area (Å²) in [4.78, 5) is 26.9. The van der Waals surface area contributed by atoms with Crippen LogP contribution in [0.2, 0.25) is 10.0 Å². The molecular weight excluding hydrogens is 615 g/mol. The Morgan fingerprint density at radius 1 is 1.03 bits per heavy atom. The number of ether oxygens (including phenoxy) is 2. The predicted octanol–water partition coefficient (Wildman–Crippen LogP) is 7.35. The quantitative estimate of drug-likeness (QED) is 0.123. The highest BCUT2D eigenvalue weighted by atomic mass is 79.9. The van der Waals surface area contributed by atoms with Crippen molar-refractivity contribution in [3.05, 3.63) is 106 Å². The molecule has 1 heterocycles. The fourth-order valence-corrected chi connectivity index (χ4v) is 4.74. The third-order valence-corrected chi connectivity index (χ3v) is 6.56. The smallest absolute Gasteiger partial charge is 0.363 e. The lowest BCUT2D eigenvalue weighted by molar-refractivity contribution is -0.384. The van der Waals surface area contributed by atoms with E-state index in [2.05, 4.69) is 36.9 Å². The van der Waals surface area contributed by atoms with Crippen molar-refractivity contribution in [1.29, 1.82) is 0 Å². The molecule has 34 heavy (non-hydrogen) atoms. The number of hydrogen-bond acceptors (Lipinski definition) is 6. The van der Waals surface area contributed by atoms with Gasteiger partial charge in [-0.1, -0.05) is 23.2 Å². The standard InChI is InChI=1S/C23H12Br2Cl2N2O5/c24-16-7-13(8-17(25)21(16)33-11-12-1-4-15(5-2-12)29(31)32)9-20-23(30)34-22(28-20)14-3-6-18(26)19(27)10-14/h1-10H,11H2/b20-9-. The summed E-state index contributed by atoms with van der Waals surface area (Å²) in [6.45, 7) is 0.208. The summed E-state index contributed by atoms with van der Waals surface area (Å²) >= 11 is 18.9. The Morgan fingerprint density at radius 2 is 1.71 bits per heavy atom.